The van der Waals surface area contributed by atoms with Crippen LogP contribution in [0.1, 0.15) is 38.5 Å². The molecular formula is C12H16ClF3N2O2. The van der Waals surface area contributed by atoms with Gasteiger partial charge in [-0.25, -0.2) is 0 Å². The van der Waals surface area contributed by atoms with Crippen molar-refractivity contribution in [1.82, 2.24) is 10.3 Å². The Balaban J connectivity index is 0.00000200. The first-order valence-corrected chi connectivity index (χ1v) is 6.10. The molecule has 2 rings (SSSR count). The van der Waals surface area contributed by atoms with Gasteiger partial charge in [0.15, 0.2) is 5.75 Å². The minimum Gasteiger partial charge on any atom is -1.00 e. The Kier molecular flexibility index (Phi) is 5.10. The first-order valence-electron chi connectivity index (χ1n) is 6.10. The van der Waals surface area contributed by atoms with Crippen molar-refractivity contribution in [1.29, 1.82) is 0 Å². The number of rotatable bonds is 4. The second-order valence-electron chi connectivity index (χ2n) is 4.67. The van der Waals surface area contributed by atoms with Crippen LogP contribution in [0.3, 0.4) is 0 Å². The zero-order chi connectivity index (χ0) is 14.2. The highest BCUT2D eigenvalue weighted by molar-refractivity contribution is 5.32. The third kappa shape index (κ3) is 3.46. The summed E-state index contributed by atoms with van der Waals surface area (Å²) in [5.41, 5.74) is -1.22. The third-order valence-electron chi connectivity index (χ3n) is 3.14. The van der Waals surface area contributed by atoms with Crippen LogP contribution >= 0.6 is 0 Å². The lowest BCUT2D eigenvalue weighted by Gasteiger charge is -2.21. The fourth-order valence-electron chi connectivity index (χ4n) is 1.90. The molecule has 1 aliphatic rings. The van der Waals surface area contributed by atoms with E-state index >= 15 is 0 Å². The number of pyridine rings is 1. The second-order valence-corrected chi connectivity index (χ2v) is 4.67. The molecule has 0 amide bonds. The SMILES string of the molecule is CCc1[nH]cc(C(NC2CC2)C(F)(F)F)c(=O)c1O.[Cl-].[H+]. The van der Waals surface area contributed by atoms with Gasteiger partial charge in [0.25, 0.3) is 0 Å². The lowest BCUT2D eigenvalue weighted by molar-refractivity contribution is -0.158. The molecule has 0 aromatic carbocycles. The molecule has 1 aliphatic carbocycles. The van der Waals surface area contributed by atoms with Gasteiger partial charge >= 0.3 is 7.60 Å². The van der Waals surface area contributed by atoms with Gasteiger partial charge in [-0.1, -0.05) is 6.92 Å². The van der Waals surface area contributed by atoms with Gasteiger partial charge in [0.1, 0.15) is 6.04 Å². The van der Waals surface area contributed by atoms with Crippen molar-refractivity contribution in [2.24, 2.45) is 0 Å². The zero-order valence-corrected chi connectivity index (χ0v) is 11.5. The van der Waals surface area contributed by atoms with Crippen molar-refractivity contribution < 1.29 is 32.1 Å². The van der Waals surface area contributed by atoms with E-state index in [-0.39, 0.29) is 25.6 Å². The molecular weight excluding hydrogens is 297 g/mol. The van der Waals surface area contributed by atoms with Gasteiger partial charge in [0.05, 0.1) is 5.69 Å². The Morgan fingerprint density at radius 2 is 2.15 bits per heavy atom. The van der Waals surface area contributed by atoms with E-state index in [1.807, 2.05) is 0 Å². The highest BCUT2D eigenvalue weighted by atomic mass is 35.5. The summed E-state index contributed by atoms with van der Waals surface area (Å²) < 4.78 is 39.0. The van der Waals surface area contributed by atoms with Crippen molar-refractivity contribution in [3.05, 3.63) is 27.7 Å². The average molecular weight is 313 g/mol. The van der Waals surface area contributed by atoms with E-state index in [1.165, 1.54) is 0 Å². The number of aromatic nitrogens is 1. The van der Waals surface area contributed by atoms with E-state index in [2.05, 4.69) is 10.3 Å². The maximum Gasteiger partial charge on any atom is 1.00 e. The van der Waals surface area contributed by atoms with Gasteiger partial charge in [-0.05, 0) is 19.3 Å². The molecule has 1 fully saturated rings. The van der Waals surface area contributed by atoms with Crippen molar-refractivity contribution >= 4 is 0 Å². The molecule has 1 aromatic heterocycles. The summed E-state index contributed by atoms with van der Waals surface area (Å²) in [6, 6.07) is -2.25. The number of H-pyrrole nitrogens is 1. The zero-order valence-electron chi connectivity index (χ0n) is 11.7. The molecule has 1 unspecified atom stereocenters. The molecule has 0 bridgehead atoms. The van der Waals surface area contributed by atoms with Crippen LogP contribution in [-0.2, 0) is 6.42 Å². The van der Waals surface area contributed by atoms with Gasteiger partial charge in [0, 0.05) is 17.8 Å². The van der Waals surface area contributed by atoms with E-state index < -0.39 is 29.0 Å². The van der Waals surface area contributed by atoms with E-state index in [1.54, 1.807) is 6.92 Å². The van der Waals surface area contributed by atoms with Gasteiger partial charge in [-0.15, -0.1) is 0 Å². The average Bonchev–Trinajstić information content (AvgIpc) is 3.13. The molecule has 3 N–H and O–H groups in total. The fourth-order valence-corrected chi connectivity index (χ4v) is 1.90. The monoisotopic (exact) mass is 312 g/mol. The number of aromatic hydroxyl groups is 1. The van der Waals surface area contributed by atoms with Crippen molar-refractivity contribution in [3.63, 3.8) is 0 Å². The lowest BCUT2D eigenvalue weighted by atomic mass is 10.1. The predicted molar refractivity (Wildman–Crippen MR) is 64.2 cm³/mol. The molecule has 0 radical (unpaired) electrons. The summed E-state index contributed by atoms with van der Waals surface area (Å²) in [7, 11) is 0. The number of hydrogen-bond donors (Lipinski definition) is 3. The van der Waals surface area contributed by atoms with Crippen LogP contribution in [0.15, 0.2) is 11.0 Å². The van der Waals surface area contributed by atoms with Gasteiger partial charge < -0.3 is 22.5 Å². The van der Waals surface area contributed by atoms with Crippen LogP contribution in [0.5, 0.6) is 5.75 Å². The normalized spacial score (nSPS) is 16.6. The summed E-state index contributed by atoms with van der Waals surface area (Å²) in [4.78, 5) is 14.4. The minimum atomic E-state index is -4.57. The van der Waals surface area contributed by atoms with Crippen molar-refractivity contribution in [2.45, 2.75) is 44.4 Å². The molecule has 0 saturated heterocycles. The van der Waals surface area contributed by atoms with Gasteiger partial charge in [-0.3, -0.25) is 10.1 Å². The molecule has 0 spiro atoms. The van der Waals surface area contributed by atoms with Crippen molar-refractivity contribution in [2.75, 3.05) is 0 Å². The quantitative estimate of drug-likeness (QED) is 0.676. The van der Waals surface area contributed by atoms with E-state index in [0.717, 1.165) is 6.20 Å². The van der Waals surface area contributed by atoms with E-state index in [4.69, 9.17) is 0 Å². The molecule has 4 nitrogen and oxygen atoms in total. The van der Waals surface area contributed by atoms with Crippen molar-refractivity contribution in [3.8, 4) is 5.75 Å². The summed E-state index contributed by atoms with van der Waals surface area (Å²) in [5, 5.41) is 12.0. The Bertz CT molecular complexity index is 532. The highest BCUT2D eigenvalue weighted by Gasteiger charge is 2.45. The first kappa shape index (κ1) is 16.8. The number of halogens is 4. The smallest absolute Gasteiger partial charge is 1.00 e. The van der Waals surface area contributed by atoms with Crippen LogP contribution < -0.4 is 23.2 Å². The Labute approximate surface area is 121 Å². The lowest BCUT2D eigenvalue weighted by Crippen LogP contribution is -3.00. The molecule has 20 heavy (non-hydrogen) atoms. The Hall–Kier alpha value is -1.21. The maximum atomic E-state index is 13.0. The van der Waals surface area contributed by atoms with Gasteiger partial charge in [-0.2, -0.15) is 13.2 Å². The van der Waals surface area contributed by atoms with Crippen LogP contribution in [0.4, 0.5) is 13.2 Å². The molecule has 8 heteroatoms. The number of aromatic amines is 1. The number of alkyl halides is 3. The second kappa shape index (κ2) is 6.05. The molecule has 0 aliphatic heterocycles. The van der Waals surface area contributed by atoms with Crippen LogP contribution in [0, 0.1) is 0 Å². The summed E-state index contributed by atoms with van der Waals surface area (Å²) in [6.45, 7) is 1.69. The largest absolute Gasteiger partial charge is 1.00 e. The van der Waals surface area contributed by atoms with E-state index in [0.29, 0.717) is 19.3 Å². The van der Waals surface area contributed by atoms with Gasteiger partial charge in [0.2, 0.25) is 5.43 Å². The maximum absolute atomic E-state index is 13.0. The highest BCUT2D eigenvalue weighted by Crippen LogP contribution is 2.35. The van der Waals surface area contributed by atoms with E-state index in [9.17, 15) is 23.1 Å². The predicted octanol–water partition coefficient (Wildman–Crippen LogP) is -0.885. The first-order chi connectivity index (χ1) is 8.84. The summed E-state index contributed by atoms with van der Waals surface area (Å²) in [6.07, 6.45) is -1.86. The molecule has 1 heterocycles. The Morgan fingerprint density at radius 3 is 2.60 bits per heavy atom. The molecule has 1 aromatic rings. The number of nitrogens with one attached hydrogen (secondary N) is 2. The minimum absolute atomic E-state index is 0. The molecule has 1 atom stereocenters. The van der Waals surface area contributed by atoms with Crippen LogP contribution in [0.25, 0.3) is 0 Å². The molecule has 1 saturated carbocycles. The molecule has 114 valence electrons. The summed E-state index contributed by atoms with van der Waals surface area (Å²) >= 11 is 0. The number of aryl methyl sites for hydroxylation is 1. The summed E-state index contributed by atoms with van der Waals surface area (Å²) in [5.74, 6) is -0.633. The van der Waals surface area contributed by atoms with Crippen LogP contribution in [0.2, 0.25) is 0 Å². The topological polar surface area (TPSA) is 65.1 Å². The Morgan fingerprint density at radius 1 is 1.55 bits per heavy atom. The standard InChI is InChI=1S/C12H15F3N2O2.ClH/c1-2-8-10(19)9(18)7(5-16-8)11(12(13,14)15)17-6-3-4-6;/h5-6,11,17,19H,2-4H2,1H3,(H,16,18);1H. The number of hydrogen-bond acceptors (Lipinski definition) is 3. The van der Waals surface area contributed by atoms with Crippen LogP contribution in [-0.4, -0.2) is 22.3 Å². The fraction of sp³-hybridized carbons (Fsp3) is 0.583. The third-order valence-corrected chi connectivity index (χ3v) is 3.14.